The Balaban J connectivity index is 0.00000341. The molecule has 0 saturated carbocycles. The van der Waals surface area contributed by atoms with Crippen LogP contribution < -0.4 is 15.8 Å². The Morgan fingerprint density at radius 1 is 1.29 bits per heavy atom. The van der Waals surface area contributed by atoms with Crippen molar-refractivity contribution in [3.8, 4) is 0 Å². The summed E-state index contributed by atoms with van der Waals surface area (Å²) >= 11 is 1.82. The minimum atomic E-state index is -3.72. The molecular formula is C21H32IN5O2S2. The molecule has 0 spiro atoms. The van der Waals surface area contributed by atoms with Crippen molar-refractivity contribution >= 4 is 51.3 Å². The lowest BCUT2D eigenvalue weighted by molar-refractivity contribution is 0.125. The van der Waals surface area contributed by atoms with Crippen LogP contribution in [-0.2, 0) is 16.6 Å². The van der Waals surface area contributed by atoms with Crippen LogP contribution in [0.15, 0.2) is 51.7 Å². The van der Waals surface area contributed by atoms with Crippen LogP contribution in [0.5, 0.6) is 0 Å². The molecule has 31 heavy (non-hydrogen) atoms. The monoisotopic (exact) mass is 577 g/mol. The molecule has 2 atom stereocenters. The van der Waals surface area contributed by atoms with E-state index < -0.39 is 10.0 Å². The number of guanidine groups is 1. The molecule has 2 unspecified atom stereocenters. The standard InChI is InChI=1S/C21H31N5O2S2.HI/c1-3-23-21(24-14-16-7-4-9-18(13-16)30(22,27)28)25-15-17-8-5-11-26(2)20(17)19-10-6-12-29-19;/h4,6-7,9-10,12-13,17,20H,3,5,8,11,14-15H2,1-2H3,(H2,22,27,28)(H2,23,24,25);1H. The summed E-state index contributed by atoms with van der Waals surface area (Å²) in [4.78, 5) is 8.61. The van der Waals surface area contributed by atoms with Gasteiger partial charge in [0.1, 0.15) is 0 Å². The molecule has 172 valence electrons. The number of halogens is 1. The molecule has 4 N–H and O–H groups in total. The maximum absolute atomic E-state index is 11.6. The summed E-state index contributed by atoms with van der Waals surface area (Å²) in [6.45, 7) is 5.10. The van der Waals surface area contributed by atoms with Gasteiger partial charge in [-0.15, -0.1) is 35.3 Å². The molecule has 1 aliphatic rings. The Kier molecular flexibility index (Phi) is 10.2. The van der Waals surface area contributed by atoms with Crippen molar-refractivity contribution in [3.63, 3.8) is 0 Å². The number of sulfonamides is 1. The van der Waals surface area contributed by atoms with Gasteiger partial charge in [0.2, 0.25) is 10.0 Å². The number of rotatable bonds is 7. The Hall–Kier alpha value is -1.21. The third kappa shape index (κ3) is 7.41. The summed E-state index contributed by atoms with van der Waals surface area (Å²) < 4.78 is 23.1. The highest BCUT2D eigenvalue weighted by atomic mass is 127. The summed E-state index contributed by atoms with van der Waals surface area (Å²) in [6, 6.07) is 11.4. The van der Waals surface area contributed by atoms with Crippen molar-refractivity contribution in [2.75, 3.05) is 26.7 Å². The summed E-state index contributed by atoms with van der Waals surface area (Å²) in [5.41, 5.74) is 0.799. The molecule has 2 aromatic rings. The zero-order valence-corrected chi connectivity index (χ0v) is 21.9. The van der Waals surface area contributed by atoms with Gasteiger partial charge in [0.25, 0.3) is 0 Å². The van der Waals surface area contributed by atoms with Gasteiger partial charge in [-0.1, -0.05) is 18.2 Å². The number of thiophene rings is 1. The number of nitrogens with two attached hydrogens (primary N) is 1. The first-order valence-electron chi connectivity index (χ1n) is 10.3. The van der Waals surface area contributed by atoms with Crippen LogP contribution in [-0.4, -0.2) is 46.0 Å². The number of nitrogens with one attached hydrogen (secondary N) is 2. The van der Waals surface area contributed by atoms with E-state index in [9.17, 15) is 8.42 Å². The summed E-state index contributed by atoms with van der Waals surface area (Å²) in [7, 11) is -1.51. The second kappa shape index (κ2) is 12.1. The van der Waals surface area contributed by atoms with Gasteiger partial charge in [-0.05, 0) is 68.4 Å². The van der Waals surface area contributed by atoms with E-state index in [-0.39, 0.29) is 28.9 Å². The van der Waals surface area contributed by atoms with Gasteiger partial charge in [-0.2, -0.15) is 0 Å². The van der Waals surface area contributed by atoms with E-state index in [1.807, 2.05) is 24.3 Å². The minimum Gasteiger partial charge on any atom is -0.357 e. The Bertz CT molecular complexity index is 950. The number of aliphatic imine (C=N–C) groups is 1. The van der Waals surface area contributed by atoms with Gasteiger partial charge in [0, 0.05) is 24.0 Å². The predicted molar refractivity (Wildman–Crippen MR) is 138 cm³/mol. The number of nitrogens with zero attached hydrogens (tertiary/aromatic N) is 2. The maximum atomic E-state index is 11.6. The molecule has 2 heterocycles. The van der Waals surface area contributed by atoms with Crippen molar-refractivity contribution in [3.05, 3.63) is 52.2 Å². The molecule has 0 radical (unpaired) electrons. The topological polar surface area (TPSA) is 99.8 Å². The zero-order chi connectivity index (χ0) is 21.6. The quantitative estimate of drug-likeness (QED) is 0.267. The number of hydrogen-bond acceptors (Lipinski definition) is 5. The highest BCUT2D eigenvalue weighted by Gasteiger charge is 2.31. The van der Waals surface area contributed by atoms with Gasteiger partial charge in [-0.3, -0.25) is 4.90 Å². The number of benzene rings is 1. The minimum absolute atomic E-state index is 0. The van der Waals surface area contributed by atoms with Crippen molar-refractivity contribution in [1.29, 1.82) is 0 Å². The highest BCUT2D eigenvalue weighted by molar-refractivity contribution is 14.0. The maximum Gasteiger partial charge on any atom is 0.238 e. The lowest BCUT2D eigenvalue weighted by Crippen LogP contribution is -2.44. The van der Waals surface area contributed by atoms with E-state index in [1.54, 1.807) is 12.1 Å². The number of piperidine rings is 1. The highest BCUT2D eigenvalue weighted by Crippen LogP contribution is 2.36. The Morgan fingerprint density at radius 3 is 2.77 bits per heavy atom. The molecule has 1 aromatic heterocycles. The fraction of sp³-hybridized carbons (Fsp3) is 0.476. The van der Waals surface area contributed by atoms with Crippen LogP contribution in [0.1, 0.15) is 36.2 Å². The first-order valence-corrected chi connectivity index (χ1v) is 12.7. The normalized spacial score (nSPS) is 20.2. The van der Waals surface area contributed by atoms with Crippen molar-refractivity contribution in [2.45, 2.75) is 37.2 Å². The van der Waals surface area contributed by atoms with Crippen LogP contribution in [0.2, 0.25) is 0 Å². The molecule has 1 saturated heterocycles. The van der Waals surface area contributed by atoms with Crippen molar-refractivity contribution < 1.29 is 8.42 Å². The fourth-order valence-corrected chi connectivity index (χ4v) is 5.51. The van der Waals surface area contributed by atoms with E-state index in [0.29, 0.717) is 18.5 Å². The van der Waals surface area contributed by atoms with E-state index in [0.717, 1.165) is 31.2 Å². The second-order valence-electron chi connectivity index (χ2n) is 7.61. The molecule has 0 aliphatic carbocycles. The molecular weight excluding hydrogens is 545 g/mol. The molecule has 10 heteroatoms. The number of likely N-dealkylation sites (tertiary alicyclic amines) is 1. The average molecular weight is 578 g/mol. The number of primary sulfonamides is 1. The molecule has 0 bridgehead atoms. The van der Waals surface area contributed by atoms with Gasteiger partial charge in [-0.25, -0.2) is 18.5 Å². The van der Waals surface area contributed by atoms with E-state index in [1.165, 1.54) is 23.8 Å². The molecule has 7 nitrogen and oxygen atoms in total. The molecule has 0 amide bonds. The van der Waals surface area contributed by atoms with E-state index in [2.05, 4.69) is 45.1 Å². The van der Waals surface area contributed by atoms with Crippen LogP contribution in [0.3, 0.4) is 0 Å². The van der Waals surface area contributed by atoms with Gasteiger partial charge in [0.05, 0.1) is 11.4 Å². The van der Waals surface area contributed by atoms with Crippen LogP contribution in [0.4, 0.5) is 0 Å². The Morgan fingerprint density at radius 2 is 2.10 bits per heavy atom. The lowest BCUT2D eigenvalue weighted by Gasteiger charge is -2.39. The predicted octanol–water partition coefficient (Wildman–Crippen LogP) is 3.15. The molecule has 1 aromatic carbocycles. The van der Waals surface area contributed by atoms with Crippen LogP contribution in [0.25, 0.3) is 0 Å². The summed E-state index contributed by atoms with van der Waals surface area (Å²) in [5, 5.41) is 14.1. The first-order chi connectivity index (χ1) is 14.4. The lowest BCUT2D eigenvalue weighted by atomic mass is 9.88. The van der Waals surface area contributed by atoms with Crippen molar-refractivity contribution in [1.82, 2.24) is 15.5 Å². The Labute approximate surface area is 206 Å². The zero-order valence-electron chi connectivity index (χ0n) is 18.0. The third-order valence-electron chi connectivity index (χ3n) is 5.36. The molecule has 3 rings (SSSR count). The summed E-state index contributed by atoms with van der Waals surface area (Å²) in [6.07, 6.45) is 2.37. The fourth-order valence-electron chi connectivity index (χ4n) is 3.94. The third-order valence-corrected chi connectivity index (χ3v) is 7.22. The van der Waals surface area contributed by atoms with E-state index >= 15 is 0 Å². The van der Waals surface area contributed by atoms with Gasteiger partial charge in [0.15, 0.2) is 5.96 Å². The van der Waals surface area contributed by atoms with E-state index in [4.69, 9.17) is 5.14 Å². The largest absolute Gasteiger partial charge is 0.357 e. The number of hydrogen-bond donors (Lipinski definition) is 3. The summed E-state index contributed by atoms with van der Waals surface area (Å²) in [5.74, 6) is 1.23. The van der Waals surface area contributed by atoms with Crippen molar-refractivity contribution in [2.24, 2.45) is 16.0 Å². The van der Waals surface area contributed by atoms with Gasteiger partial charge < -0.3 is 10.6 Å². The molecule has 1 fully saturated rings. The smallest absolute Gasteiger partial charge is 0.238 e. The second-order valence-corrected chi connectivity index (χ2v) is 10.2. The van der Waals surface area contributed by atoms with Crippen LogP contribution >= 0.6 is 35.3 Å². The SMILES string of the molecule is CCNC(=NCc1cccc(S(N)(=O)=O)c1)NCC1CCCN(C)C1c1cccs1.I. The first kappa shape index (κ1) is 26.0. The molecule has 1 aliphatic heterocycles. The van der Waals surface area contributed by atoms with Gasteiger partial charge >= 0.3 is 0 Å². The van der Waals surface area contributed by atoms with Crippen LogP contribution in [0, 0.1) is 5.92 Å². The average Bonchev–Trinajstić information content (AvgIpc) is 3.24.